The highest BCUT2D eigenvalue weighted by Gasteiger charge is 2.15. The number of likely N-dealkylation sites (N-methyl/N-ethyl adjacent to an activating group) is 1. The van der Waals surface area contributed by atoms with Gasteiger partial charge in [0.2, 0.25) is 5.91 Å². The second kappa shape index (κ2) is 9.84. The van der Waals surface area contributed by atoms with Crippen LogP contribution in [-0.4, -0.2) is 41.9 Å². The highest BCUT2D eigenvalue weighted by molar-refractivity contribution is 5.79. The lowest BCUT2D eigenvalue weighted by molar-refractivity contribution is -0.131. The van der Waals surface area contributed by atoms with E-state index in [4.69, 9.17) is 5.73 Å². The molecule has 1 amide bonds. The molecule has 0 bridgehead atoms. The van der Waals surface area contributed by atoms with Crippen LogP contribution in [0.15, 0.2) is 54.6 Å². The third-order valence-corrected chi connectivity index (χ3v) is 4.48. The number of nitrogens with two attached hydrogens (primary N) is 1. The molecule has 25 heavy (non-hydrogen) atoms. The van der Waals surface area contributed by atoms with Gasteiger partial charge in [-0.3, -0.25) is 4.79 Å². The number of carbonyl (C=O) groups excluding carboxylic acids is 1. The lowest BCUT2D eigenvalue weighted by atomic mass is 10.1. The summed E-state index contributed by atoms with van der Waals surface area (Å²) in [5.74, 6) is 0.154. The molecule has 2 aromatic rings. The minimum Gasteiger partial charge on any atom is -0.399 e. The number of benzene rings is 2. The highest BCUT2D eigenvalue weighted by atomic mass is 16.2. The maximum Gasteiger partial charge on any atom is 0.227 e. The molecule has 0 saturated carbocycles. The average Bonchev–Trinajstić information content (AvgIpc) is 2.64. The van der Waals surface area contributed by atoms with Crippen LogP contribution in [0.1, 0.15) is 25.0 Å². The molecule has 2 aromatic carbocycles. The zero-order valence-electron chi connectivity index (χ0n) is 15.3. The van der Waals surface area contributed by atoms with Crippen LogP contribution in [0.4, 0.5) is 5.69 Å². The van der Waals surface area contributed by atoms with Gasteiger partial charge in [0.15, 0.2) is 0 Å². The molecule has 0 radical (unpaired) electrons. The molecule has 0 aliphatic rings. The van der Waals surface area contributed by atoms with Crippen LogP contribution in [0.2, 0.25) is 0 Å². The quantitative estimate of drug-likeness (QED) is 0.714. The monoisotopic (exact) mass is 339 g/mol. The Kier molecular flexibility index (Phi) is 7.48. The first-order valence-corrected chi connectivity index (χ1v) is 9.00. The van der Waals surface area contributed by atoms with Crippen molar-refractivity contribution >= 4 is 11.6 Å². The van der Waals surface area contributed by atoms with E-state index in [2.05, 4.69) is 30.9 Å². The van der Waals surface area contributed by atoms with E-state index in [-0.39, 0.29) is 5.91 Å². The smallest absolute Gasteiger partial charge is 0.227 e. The summed E-state index contributed by atoms with van der Waals surface area (Å²) in [7, 11) is 0. The number of hydrogen-bond acceptors (Lipinski definition) is 3. The molecule has 0 aliphatic carbocycles. The second-order valence-corrected chi connectivity index (χ2v) is 6.25. The summed E-state index contributed by atoms with van der Waals surface area (Å²) in [4.78, 5) is 17.2. The van der Waals surface area contributed by atoms with E-state index in [0.717, 1.165) is 43.0 Å². The van der Waals surface area contributed by atoms with Gasteiger partial charge in [-0.1, -0.05) is 56.3 Å². The van der Waals surface area contributed by atoms with E-state index in [1.54, 1.807) is 0 Å². The van der Waals surface area contributed by atoms with Crippen molar-refractivity contribution in [1.29, 1.82) is 0 Å². The summed E-state index contributed by atoms with van der Waals surface area (Å²) >= 11 is 0. The van der Waals surface area contributed by atoms with Crippen LogP contribution in [0.5, 0.6) is 0 Å². The molecule has 0 heterocycles. The summed E-state index contributed by atoms with van der Waals surface area (Å²) < 4.78 is 0. The number of carbonyl (C=O) groups is 1. The number of anilines is 1. The standard InChI is InChI=1S/C21H29N3O/c1-3-23(4-2)14-15-24(17-19-8-6-5-7-9-19)21(25)16-18-10-12-20(22)13-11-18/h5-13H,3-4,14-17,22H2,1-2H3. The fourth-order valence-electron chi connectivity index (χ4n) is 2.82. The molecule has 4 heteroatoms. The van der Waals surface area contributed by atoms with Crippen LogP contribution in [0, 0.1) is 0 Å². The van der Waals surface area contributed by atoms with E-state index in [1.165, 1.54) is 0 Å². The van der Waals surface area contributed by atoms with Gasteiger partial charge in [0.25, 0.3) is 0 Å². The van der Waals surface area contributed by atoms with Crippen molar-refractivity contribution in [3.63, 3.8) is 0 Å². The van der Waals surface area contributed by atoms with Crippen molar-refractivity contribution in [2.75, 3.05) is 31.9 Å². The van der Waals surface area contributed by atoms with Crippen molar-refractivity contribution in [1.82, 2.24) is 9.80 Å². The predicted molar refractivity (Wildman–Crippen MR) is 104 cm³/mol. The molecule has 0 aromatic heterocycles. The largest absolute Gasteiger partial charge is 0.399 e. The van der Waals surface area contributed by atoms with Gasteiger partial charge >= 0.3 is 0 Å². The van der Waals surface area contributed by atoms with Gasteiger partial charge in [0, 0.05) is 25.3 Å². The molecule has 0 unspecified atom stereocenters. The Balaban J connectivity index is 2.05. The molecule has 0 aliphatic heterocycles. The fourth-order valence-corrected chi connectivity index (χ4v) is 2.82. The Bertz CT molecular complexity index is 636. The van der Waals surface area contributed by atoms with Crippen LogP contribution >= 0.6 is 0 Å². The molecule has 4 nitrogen and oxygen atoms in total. The third-order valence-electron chi connectivity index (χ3n) is 4.48. The zero-order valence-corrected chi connectivity index (χ0v) is 15.3. The van der Waals surface area contributed by atoms with Crippen molar-refractivity contribution in [2.45, 2.75) is 26.8 Å². The molecule has 0 fully saturated rings. The van der Waals surface area contributed by atoms with Crippen LogP contribution < -0.4 is 5.73 Å². The van der Waals surface area contributed by atoms with Crippen molar-refractivity contribution < 1.29 is 4.79 Å². The first-order valence-electron chi connectivity index (χ1n) is 9.00. The lowest BCUT2D eigenvalue weighted by Gasteiger charge is -2.27. The van der Waals surface area contributed by atoms with E-state index in [9.17, 15) is 4.79 Å². The first-order chi connectivity index (χ1) is 12.1. The fraction of sp³-hybridized carbons (Fsp3) is 0.381. The molecule has 0 spiro atoms. The SMILES string of the molecule is CCN(CC)CCN(Cc1ccccc1)C(=O)Cc1ccc(N)cc1. The average molecular weight is 339 g/mol. The molecular formula is C21H29N3O. The van der Waals surface area contributed by atoms with Crippen molar-refractivity contribution in [2.24, 2.45) is 0 Å². The molecule has 0 saturated heterocycles. The highest BCUT2D eigenvalue weighted by Crippen LogP contribution is 2.11. The minimum absolute atomic E-state index is 0.154. The summed E-state index contributed by atoms with van der Waals surface area (Å²) in [6.45, 7) is 8.60. The lowest BCUT2D eigenvalue weighted by Crippen LogP contribution is -2.39. The van der Waals surface area contributed by atoms with Crippen LogP contribution in [0.3, 0.4) is 0 Å². The van der Waals surface area contributed by atoms with Crippen molar-refractivity contribution in [3.05, 3.63) is 65.7 Å². The van der Waals surface area contributed by atoms with Gasteiger partial charge in [-0.2, -0.15) is 0 Å². The van der Waals surface area contributed by atoms with Crippen molar-refractivity contribution in [3.8, 4) is 0 Å². The summed E-state index contributed by atoms with van der Waals surface area (Å²) in [5, 5.41) is 0. The zero-order chi connectivity index (χ0) is 18.1. The number of nitrogens with zero attached hydrogens (tertiary/aromatic N) is 2. The molecular weight excluding hydrogens is 310 g/mol. The third kappa shape index (κ3) is 6.24. The van der Waals surface area contributed by atoms with E-state index >= 15 is 0 Å². The van der Waals surface area contributed by atoms with E-state index in [1.807, 2.05) is 47.4 Å². The summed E-state index contributed by atoms with van der Waals surface area (Å²) in [5.41, 5.74) is 8.61. The summed E-state index contributed by atoms with van der Waals surface area (Å²) in [6.07, 6.45) is 0.408. The number of amides is 1. The Morgan fingerprint density at radius 3 is 2.12 bits per heavy atom. The Morgan fingerprint density at radius 2 is 1.52 bits per heavy atom. The van der Waals surface area contributed by atoms with Gasteiger partial charge in [-0.25, -0.2) is 0 Å². The first kappa shape index (κ1) is 19.0. The van der Waals surface area contributed by atoms with Gasteiger partial charge in [0.05, 0.1) is 6.42 Å². The maximum atomic E-state index is 12.9. The van der Waals surface area contributed by atoms with Gasteiger partial charge in [-0.15, -0.1) is 0 Å². The van der Waals surface area contributed by atoms with Gasteiger partial charge < -0.3 is 15.5 Å². The Hall–Kier alpha value is -2.33. The number of hydrogen-bond donors (Lipinski definition) is 1. The number of nitrogen functional groups attached to an aromatic ring is 1. The Morgan fingerprint density at radius 1 is 0.880 bits per heavy atom. The maximum absolute atomic E-state index is 12.9. The minimum atomic E-state index is 0.154. The van der Waals surface area contributed by atoms with E-state index < -0.39 is 0 Å². The summed E-state index contributed by atoms with van der Waals surface area (Å²) in [6, 6.07) is 17.7. The van der Waals surface area contributed by atoms with Gasteiger partial charge in [-0.05, 0) is 36.3 Å². The van der Waals surface area contributed by atoms with E-state index in [0.29, 0.717) is 13.0 Å². The van der Waals surface area contributed by atoms with Crippen LogP contribution in [-0.2, 0) is 17.8 Å². The number of rotatable bonds is 9. The Labute approximate surface area is 151 Å². The van der Waals surface area contributed by atoms with Crippen LogP contribution in [0.25, 0.3) is 0 Å². The topological polar surface area (TPSA) is 49.6 Å². The molecule has 2 N–H and O–H groups in total. The van der Waals surface area contributed by atoms with Gasteiger partial charge in [0.1, 0.15) is 0 Å². The molecule has 0 atom stereocenters. The second-order valence-electron chi connectivity index (χ2n) is 6.25. The normalized spacial score (nSPS) is 10.8. The predicted octanol–water partition coefficient (Wildman–Crippen LogP) is 3.18. The molecule has 2 rings (SSSR count). The molecule has 134 valence electrons.